The zero-order valence-corrected chi connectivity index (χ0v) is 11.7. The van der Waals surface area contributed by atoms with Gasteiger partial charge >= 0.3 is 0 Å². The van der Waals surface area contributed by atoms with Crippen LogP contribution in [0.15, 0.2) is 53.6 Å². The van der Waals surface area contributed by atoms with Gasteiger partial charge in [0.1, 0.15) is 11.6 Å². The molecule has 0 saturated heterocycles. The van der Waals surface area contributed by atoms with Crippen molar-refractivity contribution in [2.24, 2.45) is 5.10 Å². The Balaban J connectivity index is 1.82. The van der Waals surface area contributed by atoms with Crippen LogP contribution in [0.3, 0.4) is 0 Å². The molecule has 0 atom stereocenters. The third-order valence-corrected chi connectivity index (χ3v) is 2.80. The molecule has 0 radical (unpaired) electrons. The maximum atomic E-state index is 12.8. The lowest BCUT2D eigenvalue weighted by atomic mass is 10.2. The molecule has 4 nitrogen and oxygen atoms in total. The standard InChI is InChI=1S/C15H12ClFN2O2/c16-14-8-12(17)7-6-11(14)9-18-19-15(20)10-21-13-4-2-1-3-5-13/h1-9H,10H2,(H,19,20)/b18-9+. The summed E-state index contributed by atoms with van der Waals surface area (Å²) in [4.78, 5) is 11.5. The minimum Gasteiger partial charge on any atom is -0.484 e. The summed E-state index contributed by atoms with van der Waals surface area (Å²) in [6, 6.07) is 12.8. The summed E-state index contributed by atoms with van der Waals surface area (Å²) in [5.41, 5.74) is 2.80. The smallest absolute Gasteiger partial charge is 0.277 e. The number of ether oxygens (including phenoxy) is 1. The molecule has 0 aliphatic rings. The van der Waals surface area contributed by atoms with Crippen molar-refractivity contribution in [3.63, 3.8) is 0 Å². The highest BCUT2D eigenvalue weighted by molar-refractivity contribution is 6.33. The van der Waals surface area contributed by atoms with Crippen LogP contribution in [-0.4, -0.2) is 18.7 Å². The van der Waals surface area contributed by atoms with Crippen LogP contribution < -0.4 is 10.2 Å². The van der Waals surface area contributed by atoms with Crippen molar-refractivity contribution in [1.82, 2.24) is 5.43 Å². The van der Waals surface area contributed by atoms with Gasteiger partial charge in [0.2, 0.25) is 0 Å². The number of nitrogens with one attached hydrogen (secondary N) is 1. The number of rotatable bonds is 5. The Kier molecular flexibility index (Phi) is 5.29. The van der Waals surface area contributed by atoms with Crippen LogP contribution >= 0.6 is 11.6 Å². The number of hydrogen-bond donors (Lipinski definition) is 1. The van der Waals surface area contributed by atoms with E-state index < -0.39 is 11.7 Å². The summed E-state index contributed by atoms with van der Waals surface area (Å²) >= 11 is 5.82. The van der Waals surface area contributed by atoms with Crippen molar-refractivity contribution >= 4 is 23.7 Å². The van der Waals surface area contributed by atoms with Gasteiger partial charge in [0.05, 0.1) is 11.2 Å². The number of halogens is 2. The molecule has 0 heterocycles. The highest BCUT2D eigenvalue weighted by atomic mass is 35.5. The predicted molar refractivity (Wildman–Crippen MR) is 79.1 cm³/mol. The van der Waals surface area contributed by atoms with E-state index in [1.165, 1.54) is 24.4 Å². The first kappa shape index (κ1) is 15.0. The predicted octanol–water partition coefficient (Wildman–Crippen LogP) is 3.01. The van der Waals surface area contributed by atoms with Gasteiger partial charge in [0.15, 0.2) is 6.61 Å². The first-order chi connectivity index (χ1) is 10.1. The van der Waals surface area contributed by atoms with Gasteiger partial charge in [-0.3, -0.25) is 4.79 Å². The lowest BCUT2D eigenvalue weighted by molar-refractivity contribution is -0.123. The Morgan fingerprint density at radius 3 is 2.76 bits per heavy atom. The highest BCUT2D eigenvalue weighted by Crippen LogP contribution is 2.15. The third kappa shape index (κ3) is 4.89. The Bertz CT molecular complexity index is 647. The fourth-order valence-electron chi connectivity index (χ4n) is 1.48. The Hall–Kier alpha value is -2.40. The summed E-state index contributed by atoms with van der Waals surface area (Å²) in [5.74, 6) is -0.246. The first-order valence-corrected chi connectivity index (χ1v) is 6.48. The first-order valence-electron chi connectivity index (χ1n) is 6.10. The molecule has 0 unspecified atom stereocenters. The second-order valence-electron chi connectivity index (χ2n) is 4.06. The number of amides is 1. The average molecular weight is 307 g/mol. The van der Waals surface area contributed by atoms with Crippen molar-refractivity contribution in [3.05, 3.63) is 64.9 Å². The molecule has 6 heteroatoms. The van der Waals surface area contributed by atoms with E-state index in [2.05, 4.69) is 10.5 Å². The molecule has 0 aliphatic heterocycles. The van der Waals surface area contributed by atoms with Gasteiger partial charge in [-0.2, -0.15) is 5.10 Å². The van der Waals surface area contributed by atoms with Gasteiger partial charge in [0.25, 0.3) is 5.91 Å². The number of nitrogens with zero attached hydrogens (tertiary/aromatic N) is 1. The summed E-state index contributed by atoms with van der Waals surface area (Å²) in [7, 11) is 0. The molecule has 2 aromatic carbocycles. The van der Waals surface area contributed by atoms with Crippen LogP contribution in [0.5, 0.6) is 5.75 Å². The van der Waals surface area contributed by atoms with Crippen LogP contribution in [0.2, 0.25) is 5.02 Å². The van der Waals surface area contributed by atoms with Crippen molar-refractivity contribution in [2.45, 2.75) is 0 Å². The fourth-order valence-corrected chi connectivity index (χ4v) is 1.69. The molecule has 0 saturated carbocycles. The van der Waals surface area contributed by atoms with E-state index >= 15 is 0 Å². The number of benzene rings is 2. The van der Waals surface area contributed by atoms with Crippen LogP contribution in [0.4, 0.5) is 4.39 Å². The molecule has 2 aromatic rings. The molecule has 2 rings (SSSR count). The van der Waals surface area contributed by atoms with Crippen LogP contribution in [0.1, 0.15) is 5.56 Å². The third-order valence-electron chi connectivity index (χ3n) is 2.47. The second kappa shape index (κ2) is 7.40. The Morgan fingerprint density at radius 1 is 1.29 bits per heavy atom. The largest absolute Gasteiger partial charge is 0.484 e. The van der Waals surface area contributed by atoms with E-state index in [0.29, 0.717) is 11.3 Å². The lowest BCUT2D eigenvalue weighted by Crippen LogP contribution is -2.24. The van der Waals surface area contributed by atoms with Gasteiger partial charge < -0.3 is 4.74 Å². The lowest BCUT2D eigenvalue weighted by Gasteiger charge is -2.04. The van der Waals surface area contributed by atoms with Crippen molar-refractivity contribution in [2.75, 3.05) is 6.61 Å². The molecule has 0 bridgehead atoms. The molecule has 1 amide bonds. The number of hydrogen-bond acceptors (Lipinski definition) is 3. The number of carbonyl (C=O) groups is 1. The zero-order valence-electron chi connectivity index (χ0n) is 10.9. The van der Waals surface area contributed by atoms with Crippen LogP contribution in [0.25, 0.3) is 0 Å². The molecule has 21 heavy (non-hydrogen) atoms. The summed E-state index contributed by atoms with van der Waals surface area (Å²) in [5, 5.41) is 3.95. The monoisotopic (exact) mass is 306 g/mol. The zero-order chi connectivity index (χ0) is 15.1. The number of hydrazone groups is 1. The molecule has 0 aliphatic carbocycles. The molecule has 108 valence electrons. The summed E-state index contributed by atoms with van der Waals surface area (Å²) < 4.78 is 18.1. The van der Waals surface area contributed by atoms with E-state index in [1.54, 1.807) is 12.1 Å². The van der Waals surface area contributed by atoms with Gasteiger partial charge in [-0.25, -0.2) is 9.82 Å². The molecular formula is C15H12ClFN2O2. The second-order valence-corrected chi connectivity index (χ2v) is 4.47. The topological polar surface area (TPSA) is 50.7 Å². The highest BCUT2D eigenvalue weighted by Gasteiger charge is 2.02. The normalized spacial score (nSPS) is 10.6. The Morgan fingerprint density at radius 2 is 2.05 bits per heavy atom. The van der Waals surface area contributed by atoms with E-state index in [0.717, 1.165) is 0 Å². The van der Waals surface area contributed by atoms with Crippen LogP contribution in [0, 0.1) is 5.82 Å². The quantitative estimate of drug-likeness (QED) is 0.682. The molecule has 0 spiro atoms. The van der Waals surface area contributed by atoms with Crippen molar-refractivity contribution < 1.29 is 13.9 Å². The van der Waals surface area contributed by atoms with Gasteiger partial charge in [0, 0.05) is 5.56 Å². The number of carbonyl (C=O) groups excluding carboxylic acids is 1. The minimum atomic E-state index is -0.433. The van der Waals surface area contributed by atoms with Crippen molar-refractivity contribution in [3.8, 4) is 5.75 Å². The SMILES string of the molecule is O=C(COc1ccccc1)N/N=C/c1ccc(F)cc1Cl. The van der Waals surface area contributed by atoms with Crippen molar-refractivity contribution in [1.29, 1.82) is 0 Å². The van der Waals surface area contributed by atoms with E-state index in [9.17, 15) is 9.18 Å². The van der Waals surface area contributed by atoms with Crippen LogP contribution in [-0.2, 0) is 4.79 Å². The number of para-hydroxylation sites is 1. The van der Waals surface area contributed by atoms with Gasteiger partial charge in [-0.15, -0.1) is 0 Å². The molecular weight excluding hydrogens is 295 g/mol. The maximum absolute atomic E-state index is 12.8. The van der Waals surface area contributed by atoms with Gasteiger partial charge in [-0.05, 0) is 30.3 Å². The van der Waals surface area contributed by atoms with E-state index in [1.807, 2.05) is 18.2 Å². The minimum absolute atomic E-state index is 0.154. The summed E-state index contributed by atoms with van der Waals surface area (Å²) in [6.07, 6.45) is 1.34. The summed E-state index contributed by atoms with van der Waals surface area (Å²) in [6.45, 7) is -0.154. The fraction of sp³-hybridized carbons (Fsp3) is 0.0667. The van der Waals surface area contributed by atoms with Gasteiger partial charge in [-0.1, -0.05) is 29.8 Å². The molecule has 1 N–H and O–H groups in total. The maximum Gasteiger partial charge on any atom is 0.277 e. The molecule has 0 fully saturated rings. The Labute approximate surface area is 126 Å². The van der Waals surface area contributed by atoms with E-state index in [4.69, 9.17) is 16.3 Å². The molecule has 0 aromatic heterocycles. The average Bonchev–Trinajstić information content (AvgIpc) is 2.48. The van der Waals surface area contributed by atoms with E-state index in [-0.39, 0.29) is 11.6 Å².